The van der Waals surface area contributed by atoms with Gasteiger partial charge in [0.25, 0.3) is 0 Å². The van der Waals surface area contributed by atoms with Crippen molar-refractivity contribution in [1.29, 1.82) is 0 Å². The second-order valence-corrected chi connectivity index (χ2v) is 10.0. The predicted octanol–water partition coefficient (Wildman–Crippen LogP) is 3.11. The minimum atomic E-state index is -1.31. The fourth-order valence-corrected chi connectivity index (χ4v) is 6.45. The van der Waals surface area contributed by atoms with E-state index in [1.165, 1.54) is 7.11 Å². The highest BCUT2D eigenvalue weighted by atomic mass is 17.3. The van der Waals surface area contributed by atoms with Gasteiger partial charge < -0.3 is 19.0 Å². The number of ether oxygens (including phenoxy) is 3. The van der Waals surface area contributed by atoms with Crippen molar-refractivity contribution in [3.63, 3.8) is 0 Å². The quantitative estimate of drug-likeness (QED) is 0.493. The first-order valence-electron chi connectivity index (χ1n) is 11.5. The van der Waals surface area contributed by atoms with Crippen LogP contribution in [0.15, 0.2) is 29.4 Å². The van der Waals surface area contributed by atoms with Gasteiger partial charge in [-0.1, -0.05) is 24.2 Å². The second kappa shape index (κ2) is 7.01. The molecule has 1 aromatic rings. The Balaban J connectivity index is 1.35. The Kier molecular flexibility index (Phi) is 4.47. The van der Waals surface area contributed by atoms with Gasteiger partial charge in [0.2, 0.25) is 17.7 Å². The second-order valence-electron chi connectivity index (χ2n) is 10.0. The molecular weight excluding hydrogens is 430 g/mol. The number of oxime groups is 1. The van der Waals surface area contributed by atoms with E-state index < -0.39 is 35.2 Å². The van der Waals surface area contributed by atoms with E-state index in [-0.39, 0.29) is 18.3 Å². The maximum absolute atomic E-state index is 13.4. The van der Waals surface area contributed by atoms with E-state index in [2.05, 4.69) is 12.1 Å². The number of methoxy groups -OCH3 is 1. The van der Waals surface area contributed by atoms with Crippen molar-refractivity contribution in [2.45, 2.75) is 69.2 Å². The number of fused-ring (bicyclic) bond motifs is 3. The fraction of sp³-hybridized carbons (Fsp3) is 0.625. The minimum absolute atomic E-state index is 0.0996. The summed E-state index contributed by atoms with van der Waals surface area (Å²) in [7, 11) is 1.34. The first-order chi connectivity index (χ1) is 15.8. The van der Waals surface area contributed by atoms with E-state index in [9.17, 15) is 9.59 Å². The van der Waals surface area contributed by atoms with Crippen molar-refractivity contribution in [1.82, 2.24) is 0 Å². The summed E-state index contributed by atoms with van der Waals surface area (Å²) in [5.74, 6) is -1.72. The zero-order valence-corrected chi connectivity index (χ0v) is 18.9. The van der Waals surface area contributed by atoms with Crippen molar-refractivity contribution >= 4 is 17.7 Å². The predicted molar refractivity (Wildman–Crippen MR) is 112 cm³/mol. The van der Waals surface area contributed by atoms with E-state index in [1.807, 2.05) is 6.92 Å². The summed E-state index contributed by atoms with van der Waals surface area (Å²) >= 11 is 0. The van der Waals surface area contributed by atoms with Gasteiger partial charge >= 0.3 is 11.9 Å². The molecule has 9 heteroatoms. The average Bonchev–Trinajstić information content (AvgIpc) is 3.14. The smallest absolute Gasteiger partial charge is 0.356 e. The van der Waals surface area contributed by atoms with Gasteiger partial charge in [0.15, 0.2) is 5.60 Å². The number of hydrogen-bond donors (Lipinski definition) is 0. The molecule has 33 heavy (non-hydrogen) atoms. The number of benzene rings is 1. The molecule has 1 aromatic carbocycles. The first-order valence-corrected chi connectivity index (χ1v) is 11.5. The lowest BCUT2D eigenvalue weighted by atomic mass is 9.56. The lowest BCUT2D eigenvalue weighted by Crippen LogP contribution is -2.75. The molecule has 1 saturated carbocycles. The molecule has 176 valence electrons. The number of nitrogens with zero attached hydrogens (tertiary/aromatic N) is 1. The normalized spacial score (nSPS) is 43.2. The minimum Gasteiger partial charge on any atom is -0.465 e. The molecule has 1 aliphatic carbocycles. The molecule has 0 radical (unpaired) electrons. The highest BCUT2D eigenvalue weighted by molar-refractivity contribution is 6.05. The summed E-state index contributed by atoms with van der Waals surface area (Å²) in [4.78, 5) is 43.1. The summed E-state index contributed by atoms with van der Waals surface area (Å²) in [6.07, 6.45) is 2.54. The van der Waals surface area contributed by atoms with Gasteiger partial charge in [-0.05, 0) is 49.8 Å². The van der Waals surface area contributed by atoms with Crippen molar-refractivity contribution in [3.05, 3.63) is 35.4 Å². The maximum atomic E-state index is 13.4. The average molecular weight is 457 g/mol. The lowest BCUT2D eigenvalue weighted by molar-refractivity contribution is -0.563. The molecule has 5 heterocycles. The van der Waals surface area contributed by atoms with Gasteiger partial charge in [-0.15, -0.1) is 0 Å². The molecule has 2 bridgehead atoms. The largest absolute Gasteiger partial charge is 0.465 e. The lowest BCUT2D eigenvalue weighted by Gasteiger charge is -2.59. The maximum Gasteiger partial charge on any atom is 0.356 e. The van der Waals surface area contributed by atoms with Crippen molar-refractivity contribution in [2.24, 2.45) is 22.9 Å². The number of esters is 2. The summed E-state index contributed by atoms with van der Waals surface area (Å²) in [5.41, 5.74) is -0.440. The van der Waals surface area contributed by atoms with E-state index >= 15 is 0 Å². The van der Waals surface area contributed by atoms with Crippen LogP contribution in [-0.4, -0.2) is 48.0 Å². The van der Waals surface area contributed by atoms with Crippen LogP contribution >= 0.6 is 0 Å². The van der Waals surface area contributed by atoms with Crippen molar-refractivity contribution in [3.8, 4) is 0 Å². The third kappa shape index (κ3) is 2.79. The van der Waals surface area contributed by atoms with Crippen LogP contribution in [0.2, 0.25) is 0 Å². The van der Waals surface area contributed by atoms with Crippen LogP contribution in [-0.2, 0) is 33.6 Å². The number of carbonyl (C=O) groups is 2. The highest BCUT2D eigenvalue weighted by Gasteiger charge is 2.77. The third-order valence-corrected chi connectivity index (χ3v) is 8.23. The van der Waals surface area contributed by atoms with Gasteiger partial charge in [0.05, 0.1) is 24.3 Å². The number of hydrogen-bond acceptors (Lipinski definition) is 9. The molecule has 0 N–H and O–H groups in total. The van der Waals surface area contributed by atoms with Crippen LogP contribution in [0.5, 0.6) is 0 Å². The molecule has 5 aliphatic heterocycles. The summed E-state index contributed by atoms with van der Waals surface area (Å²) in [5, 5.41) is 4.31. The van der Waals surface area contributed by atoms with E-state index in [0.717, 1.165) is 18.4 Å². The van der Waals surface area contributed by atoms with Crippen LogP contribution in [0.25, 0.3) is 0 Å². The van der Waals surface area contributed by atoms with Gasteiger partial charge in [-0.2, -0.15) is 0 Å². The van der Waals surface area contributed by atoms with Crippen molar-refractivity contribution < 1.29 is 38.4 Å². The first kappa shape index (κ1) is 21.1. The van der Waals surface area contributed by atoms with E-state index in [0.29, 0.717) is 30.0 Å². The number of rotatable bonds is 2. The van der Waals surface area contributed by atoms with Crippen LogP contribution < -0.4 is 0 Å². The monoisotopic (exact) mass is 457 g/mol. The third-order valence-electron chi connectivity index (χ3n) is 8.23. The zero-order chi connectivity index (χ0) is 23.0. The number of carbonyl (C=O) groups excluding carboxylic acids is 2. The van der Waals surface area contributed by atoms with Gasteiger partial charge in [0, 0.05) is 18.8 Å². The van der Waals surface area contributed by atoms with E-state index in [4.69, 9.17) is 28.8 Å². The molecule has 6 aliphatic rings. The fourth-order valence-electron chi connectivity index (χ4n) is 6.45. The summed E-state index contributed by atoms with van der Waals surface area (Å²) in [6, 6.07) is 6.88. The summed E-state index contributed by atoms with van der Waals surface area (Å²) in [6.45, 7) is 4.03. The molecule has 5 fully saturated rings. The molecule has 0 unspecified atom stereocenters. The van der Waals surface area contributed by atoms with Crippen LogP contribution in [0.1, 0.15) is 61.9 Å². The molecule has 7 atom stereocenters. The van der Waals surface area contributed by atoms with Gasteiger partial charge in [0.1, 0.15) is 0 Å². The standard InChI is InChI=1S/C24H27NO8/c1-13-4-9-18-23(12-17(25-31-23)14-5-7-15(8-6-14)19(26)28-3)20(27)29-21-24(18)16(13)10-11-22(2,30-21)32-33-24/h5-8,13,16,18,21H,4,9-12H2,1-3H3/t13-,16+,18+,21-,22-,23-,24-/m1/s1. The molecule has 2 spiro atoms. The Morgan fingerprint density at radius 3 is 2.70 bits per heavy atom. The molecule has 0 amide bonds. The summed E-state index contributed by atoms with van der Waals surface area (Å²) < 4.78 is 16.8. The highest BCUT2D eigenvalue weighted by Crippen LogP contribution is 2.62. The Morgan fingerprint density at radius 1 is 1.15 bits per heavy atom. The molecular formula is C24H27NO8. The topological polar surface area (TPSA) is 102 Å². The Morgan fingerprint density at radius 2 is 1.94 bits per heavy atom. The Labute approximate surface area is 191 Å². The van der Waals surface area contributed by atoms with Crippen molar-refractivity contribution in [2.75, 3.05) is 7.11 Å². The molecule has 4 saturated heterocycles. The van der Waals surface area contributed by atoms with Crippen LogP contribution in [0, 0.1) is 17.8 Å². The van der Waals surface area contributed by atoms with Crippen LogP contribution in [0.4, 0.5) is 0 Å². The zero-order valence-electron chi connectivity index (χ0n) is 18.9. The Hall–Kier alpha value is -2.49. The Bertz CT molecular complexity index is 1040. The molecule has 9 nitrogen and oxygen atoms in total. The van der Waals surface area contributed by atoms with Crippen LogP contribution in [0.3, 0.4) is 0 Å². The SMILES string of the molecule is COC(=O)c1ccc(C2=NO[C@@]3(C2)C(=O)O[C@@H]2O[C@@]4(C)CC[C@H]5[C@H](C)CC[C@@H]3[C@@]25OO4)cc1. The van der Waals surface area contributed by atoms with Gasteiger partial charge in [-0.25, -0.2) is 19.4 Å². The molecule has 7 rings (SSSR count). The van der Waals surface area contributed by atoms with E-state index in [1.54, 1.807) is 24.3 Å². The van der Waals surface area contributed by atoms with Gasteiger partial charge in [-0.3, -0.25) is 0 Å². The molecule has 0 aromatic heterocycles.